The van der Waals surface area contributed by atoms with Gasteiger partial charge in [0.25, 0.3) is 5.91 Å². The highest BCUT2D eigenvalue weighted by Gasteiger charge is 2.21. The maximum atomic E-state index is 14.1. The highest BCUT2D eigenvalue weighted by Crippen LogP contribution is 2.24. The first-order valence-corrected chi connectivity index (χ1v) is 12.5. The Balaban J connectivity index is 1.56. The molecule has 5 N–H and O–H groups in total. The number of aliphatic hydroxyl groups excluding tert-OH is 2. The molecule has 0 heterocycles. The number of carbonyl (C=O) groups excluding carboxylic acids is 1. The van der Waals surface area contributed by atoms with Crippen LogP contribution in [0.5, 0.6) is 5.75 Å². The summed E-state index contributed by atoms with van der Waals surface area (Å²) in [7, 11) is 0. The normalized spacial score (nSPS) is 12.4. The van der Waals surface area contributed by atoms with Gasteiger partial charge in [0, 0.05) is 40.3 Å². The highest BCUT2D eigenvalue weighted by atomic mass is 35.5. The van der Waals surface area contributed by atoms with Crippen LogP contribution >= 0.6 is 11.6 Å². The van der Waals surface area contributed by atoms with Crippen molar-refractivity contribution in [1.82, 2.24) is 10.6 Å². The molecule has 0 aliphatic rings. The van der Waals surface area contributed by atoms with E-state index in [1.807, 2.05) is 39.0 Å². The minimum atomic E-state index is -0.825. The van der Waals surface area contributed by atoms with E-state index in [0.717, 1.165) is 11.1 Å². The molecular weight excluding hydrogens is 495 g/mol. The number of hydrogen-bond acceptors (Lipinski definition) is 5. The van der Waals surface area contributed by atoms with Crippen molar-refractivity contribution in [2.24, 2.45) is 0 Å². The van der Waals surface area contributed by atoms with E-state index in [0.29, 0.717) is 33.7 Å². The molecule has 0 bridgehead atoms. The Morgan fingerprint density at radius 2 is 1.89 bits per heavy atom. The van der Waals surface area contributed by atoms with Crippen molar-refractivity contribution in [3.05, 3.63) is 98.8 Å². The molecule has 0 unspecified atom stereocenters. The molecule has 0 fully saturated rings. The Kier molecular flexibility index (Phi) is 9.68. The summed E-state index contributed by atoms with van der Waals surface area (Å²) in [4.78, 5) is 12.7. The molecule has 1 atom stereocenters. The average Bonchev–Trinajstić information content (AvgIpc) is 2.87. The Hall–Kier alpha value is -2.97. The lowest BCUT2D eigenvalue weighted by Gasteiger charge is -2.28. The third-order valence-corrected chi connectivity index (χ3v) is 6.83. The molecule has 1 amide bonds. The maximum absolute atomic E-state index is 14.1. The van der Waals surface area contributed by atoms with Crippen molar-refractivity contribution in [2.75, 3.05) is 13.1 Å². The number of halogens is 2. The molecule has 0 aromatic heterocycles. The quantitative estimate of drug-likeness (QED) is 0.250. The molecular formula is C29H34ClFN2O4. The summed E-state index contributed by atoms with van der Waals surface area (Å²) in [5.74, 6) is -0.646. The van der Waals surface area contributed by atoms with Crippen LogP contribution in [-0.2, 0) is 19.4 Å². The van der Waals surface area contributed by atoms with Gasteiger partial charge in [-0.2, -0.15) is 0 Å². The van der Waals surface area contributed by atoms with Crippen molar-refractivity contribution in [3.8, 4) is 5.75 Å². The average molecular weight is 529 g/mol. The van der Waals surface area contributed by atoms with Gasteiger partial charge in [0.15, 0.2) is 0 Å². The SMILES string of the molecule is Cc1ccc(F)c(CCNC(=O)c2cccc(CC(C)(C)NC[C@H](O)c3ccc(O)c(CO)c3)c2)c1Cl. The minimum Gasteiger partial charge on any atom is -0.508 e. The fraction of sp³-hybridized carbons (Fsp3) is 0.345. The van der Waals surface area contributed by atoms with Gasteiger partial charge in [-0.25, -0.2) is 4.39 Å². The van der Waals surface area contributed by atoms with Crippen molar-refractivity contribution in [1.29, 1.82) is 0 Å². The maximum Gasteiger partial charge on any atom is 0.251 e. The summed E-state index contributed by atoms with van der Waals surface area (Å²) in [5, 5.41) is 36.2. The van der Waals surface area contributed by atoms with Crippen molar-refractivity contribution < 1.29 is 24.5 Å². The van der Waals surface area contributed by atoms with Crippen molar-refractivity contribution in [2.45, 2.75) is 51.9 Å². The molecule has 3 rings (SSSR count). The number of aryl methyl sites for hydroxylation is 1. The molecule has 3 aromatic carbocycles. The molecule has 0 spiro atoms. The number of aliphatic hydroxyl groups is 2. The number of amides is 1. The van der Waals surface area contributed by atoms with Gasteiger partial charge >= 0.3 is 0 Å². The summed E-state index contributed by atoms with van der Waals surface area (Å²) in [6, 6.07) is 15.0. The third kappa shape index (κ3) is 7.76. The van der Waals surface area contributed by atoms with Gasteiger partial charge in [-0.05, 0) is 80.6 Å². The summed E-state index contributed by atoms with van der Waals surface area (Å²) in [6.07, 6.45) is 0.0642. The highest BCUT2D eigenvalue weighted by molar-refractivity contribution is 6.32. The minimum absolute atomic E-state index is 0.0122. The molecule has 3 aromatic rings. The second-order valence-electron chi connectivity index (χ2n) is 9.87. The topological polar surface area (TPSA) is 102 Å². The molecule has 0 aliphatic carbocycles. The van der Waals surface area contributed by atoms with Gasteiger partial charge in [0.1, 0.15) is 11.6 Å². The van der Waals surface area contributed by atoms with E-state index in [4.69, 9.17) is 11.6 Å². The number of carbonyl (C=O) groups is 1. The van der Waals surface area contributed by atoms with E-state index in [1.165, 1.54) is 12.1 Å². The van der Waals surface area contributed by atoms with Gasteiger partial charge in [-0.15, -0.1) is 0 Å². The van der Waals surface area contributed by atoms with Crippen molar-refractivity contribution >= 4 is 17.5 Å². The molecule has 0 aliphatic heterocycles. The zero-order valence-electron chi connectivity index (χ0n) is 21.3. The Bertz CT molecular complexity index is 1250. The summed E-state index contributed by atoms with van der Waals surface area (Å²) in [5.41, 5.74) is 3.19. The number of phenols is 1. The fourth-order valence-corrected chi connectivity index (χ4v) is 4.42. The van der Waals surface area contributed by atoms with E-state index in [-0.39, 0.29) is 43.6 Å². The smallest absolute Gasteiger partial charge is 0.251 e. The lowest BCUT2D eigenvalue weighted by Crippen LogP contribution is -2.43. The number of nitrogens with one attached hydrogen (secondary N) is 2. The van der Waals surface area contributed by atoms with Crippen LogP contribution in [0.3, 0.4) is 0 Å². The largest absolute Gasteiger partial charge is 0.508 e. The van der Waals surface area contributed by atoms with Crippen LogP contribution in [0.15, 0.2) is 54.6 Å². The number of hydrogen-bond donors (Lipinski definition) is 5. The van der Waals surface area contributed by atoms with Crippen LogP contribution in [0, 0.1) is 12.7 Å². The zero-order chi connectivity index (χ0) is 27.2. The van der Waals surface area contributed by atoms with Gasteiger partial charge in [-0.1, -0.05) is 35.9 Å². The Labute approximate surface area is 222 Å². The van der Waals surface area contributed by atoms with E-state index in [2.05, 4.69) is 10.6 Å². The lowest BCUT2D eigenvalue weighted by molar-refractivity contribution is 0.0954. The van der Waals surface area contributed by atoms with Gasteiger partial charge in [0.2, 0.25) is 0 Å². The number of aromatic hydroxyl groups is 1. The first-order valence-electron chi connectivity index (χ1n) is 12.2. The van der Waals surface area contributed by atoms with Gasteiger partial charge in [-0.3, -0.25) is 4.79 Å². The van der Waals surface area contributed by atoms with Crippen LogP contribution in [0.4, 0.5) is 4.39 Å². The van der Waals surface area contributed by atoms with Crippen LogP contribution in [0.1, 0.15) is 58.1 Å². The Morgan fingerprint density at radius 1 is 1.14 bits per heavy atom. The predicted molar refractivity (Wildman–Crippen MR) is 143 cm³/mol. The molecule has 0 radical (unpaired) electrons. The molecule has 8 heteroatoms. The standard InChI is InChI=1S/C29H34ClFN2O4/c1-18-7-9-24(31)23(27(18)30)11-12-32-28(37)21-6-4-5-19(13-21)15-29(2,3)33-16-26(36)20-8-10-25(35)22(14-20)17-34/h4-10,13-14,26,33-36H,11-12,15-17H2,1-3H3,(H,32,37)/t26-/m0/s1. The molecule has 0 saturated heterocycles. The molecule has 6 nitrogen and oxygen atoms in total. The van der Waals surface area contributed by atoms with Crippen LogP contribution < -0.4 is 10.6 Å². The summed E-state index contributed by atoms with van der Waals surface area (Å²) in [6.45, 7) is 6.02. The fourth-order valence-electron chi connectivity index (χ4n) is 4.17. The van der Waals surface area contributed by atoms with Crippen LogP contribution in [0.25, 0.3) is 0 Å². The first kappa shape index (κ1) is 28.6. The van der Waals surface area contributed by atoms with E-state index >= 15 is 0 Å². The molecule has 37 heavy (non-hydrogen) atoms. The number of β-amino-alcohol motifs (C(OH)–C–C–N with tert-alkyl or cyclic N) is 1. The summed E-state index contributed by atoms with van der Waals surface area (Å²) < 4.78 is 14.1. The second kappa shape index (κ2) is 12.5. The van der Waals surface area contributed by atoms with Gasteiger partial charge < -0.3 is 26.0 Å². The van der Waals surface area contributed by atoms with E-state index in [1.54, 1.807) is 24.3 Å². The monoisotopic (exact) mass is 528 g/mol. The first-order chi connectivity index (χ1) is 17.5. The van der Waals surface area contributed by atoms with Crippen LogP contribution in [-0.4, -0.2) is 39.9 Å². The zero-order valence-corrected chi connectivity index (χ0v) is 22.1. The predicted octanol–water partition coefficient (Wildman–Crippen LogP) is 4.60. The number of benzene rings is 3. The lowest BCUT2D eigenvalue weighted by atomic mass is 9.93. The van der Waals surface area contributed by atoms with E-state index in [9.17, 15) is 24.5 Å². The van der Waals surface area contributed by atoms with Gasteiger partial charge in [0.05, 0.1) is 12.7 Å². The molecule has 198 valence electrons. The molecule has 0 saturated carbocycles. The van der Waals surface area contributed by atoms with Crippen LogP contribution in [0.2, 0.25) is 5.02 Å². The van der Waals surface area contributed by atoms with Crippen molar-refractivity contribution in [3.63, 3.8) is 0 Å². The van der Waals surface area contributed by atoms with E-state index < -0.39 is 11.6 Å². The summed E-state index contributed by atoms with van der Waals surface area (Å²) >= 11 is 6.22. The number of rotatable bonds is 11. The Morgan fingerprint density at radius 3 is 2.62 bits per heavy atom. The second-order valence-corrected chi connectivity index (χ2v) is 10.2. The third-order valence-electron chi connectivity index (χ3n) is 6.31.